The van der Waals surface area contributed by atoms with Gasteiger partial charge < -0.3 is 13.6 Å². The van der Waals surface area contributed by atoms with E-state index < -0.39 is 20.2 Å². The highest BCUT2D eigenvalue weighted by Gasteiger charge is 2.10. The molecule has 0 aromatic carbocycles. The van der Waals surface area contributed by atoms with Crippen LogP contribution in [0.5, 0.6) is 0 Å². The quantitative estimate of drug-likeness (QED) is 0.537. The molecule has 0 bridgehead atoms. The number of nitrogens with two attached hydrogens (primary N) is 3. The molecule has 21 heavy (non-hydrogen) atoms. The highest BCUT2D eigenvalue weighted by atomic mass is 32.7. The first-order valence-electron chi connectivity index (χ1n) is 4.87. The third-order valence-corrected chi connectivity index (χ3v) is 10.5. The molecule has 0 amide bonds. The molecule has 0 saturated carbocycles. The molecular formula is C6H24N3O6P3S3. The first kappa shape index (κ1) is 27.4. The Balaban J connectivity index is -0.000000231. The average molecular weight is 423 g/mol. The highest BCUT2D eigenvalue weighted by molar-refractivity contribution is 8.56. The molecule has 3 unspecified atom stereocenters. The van der Waals surface area contributed by atoms with Crippen LogP contribution in [0.3, 0.4) is 0 Å². The van der Waals surface area contributed by atoms with E-state index in [1.807, 2.05) is 0 Å². The van der Waals surface area contributed by atoms with Crippen molar-refractivity contribution in [3.8, 4) is 0 Å². The van der Waals surface area contributed by atoms with Crippen molar-refractivity contribution in [3.05, 3.63) is 0 Å². The minimum absolute atomic E-state index is 1.04. The van der Waals surface area contributed by atoms with Crippen molar-refractivity contribution in [2.24, 2.45) is 16.5 Å². The Bertz CT molecular complexity index is 320. The van der Waals surface area contributed by atoms with E-state index in [4.69, 9.17) is 16.5 Å². The third kappa shape index (κ3) is 21.5. The maximum atomic E-state index is 10.5. The van der Waals surface area contributed by atoms with Crippen molar-refractivity contribution >= 4 is 54.3 Å². The highest BCUT2D eigenvalue weighted by Crippen LogP contribution is 2.49. The molecular weight excluding hydrogens is 399 g/mol. The molecule has 0 aliphatic heterocycles. The first-order chi connectivity index (χ1) is 9.36. The van der Waals surface area contributed by atoms with Crippen molar-refractivity contribution in [1.29, 1.82) is 0 Å². The Labute approximate surface area is 138 Å². The van der Waals surface area contributed by atoms with E-state index in [0.717, 1.165) is 34.1 Å². The Morgan fingerprint density at radius 3 is 0.762 bits per heavy atom. The van der Waals surface area contributed by atoms with Crippen LogP contribution in [-0.4, -0.2) is 40.1 Å². The average Bonchev–Trinajstić information content (AvgIpc) is 2.48. The van der Waals surface area contributed by atoms with Gasteiger partial charge in [-0.05, 0) is 18.8 Å². The van der Waals surface area contributed by atoms with Crippen molar-refractivity contribution < 1.29 is 27.3 Å². The molecule has 0 radical (unpaired) electrons. The Kier molecular flexibility index (Phi) is 18.1. The lowest BCUT2D eigenvalue weighted by atomic mass is 11.8. The van der Waals surface area contributed by atoms with Gasteiger partial charge in [0, 0.05) is 21.3 Å². The van der Waals surface area contributed by atoms with Gasteiger partial charge in [0.1, 0.15) is 0 Å². The summed E-state index contributed by atoms with van der Waals surface area (Å²) >= 11 is 3.11. The van der Waals surface area contributed by atoms with Crippen molar-refractivity contribution in [2.45, 2.75) is 0 Å². The number of rotatable bonds is 6. The standard InChI is InChI=1S/3C2H8NO2PS/c3*1-5-6(3,4)7-2/h3*1-2H3,(H2,3,4). The number of hydrogen-bond acceptors (Lipinski definition) is 9. The van der Waals surface area contributed by atoms with Crippen LogP contribution in [0.15, 0.2) is 0 Å². The van der Waals surface area contributed by atoms with E-state index in [9.17, 15) is 13.7 Å². The summed E-state index contributed by atoms with van der Waals surface area (Å²) in [5, 5.41) is 0. The molecule has 0 aromatic heterocycles. The van der Waals surface area contributed by atoms with Gasteiger partial charge >= 0.3 is 20.2 Å². The SMILES string of the molecule is COP(N)(=O)SC.COP(N)(=O)SC.COP(N)(=O)SC. The lowest BCUT2D eigenvalue weighted by molar-refractivity contribution is 0.409. The molecule has 0 aliphatic carbocycles. The predicted molar refractivity (Wildman–Crippen MR) is 97.0 cm³/mol. The zero-order valence-electron chi connectivity index (χ0n) is 12.7. The maximum absolute atomic E-state index is 10.5. The molecule has 0 aliphatic rings. The minimum Gasteiger partial charge on any atom is -0.313 e. The topological polar surface area (TPSA) is 157 Å². The largest absolute Gasteiger partial charge is 0.323 e. The van der Waals surface area contributed by atoms with Crippen molar-refractivity contribution in [2.75, 3.05) is 40.1 Å². The Morgan fingerprint density at radius 2 is 0.762 bits per heavy atom. The van der Waals surface area contributed by atoms with Crippen LogP contribution in [0, 0.1) is 0 Å². The molecule has 0 heterocycles. The summed E-state index contributed by atoms with van der Waals surface area (Å²) in [5.74, 6) is 0. The van der Waals surface area contributed by atoms with Crippen LogP contribution in [0.2, 0.25) is 0 Å². The van der Waals surface area contributed by atoms with Crippen molar-refractivity contribution in [1.82, 2.24) is 0 Å². The second-order valence-corrected chi connectivity index (χ2v) is 16.0. The monoisotopic (exact) mass is 423 g/mol. The van der Waals surface area contributed by atoms with E-state index in [-0.39, 0.29) is 0 Å². The zero-order chi connectivity index (χ0) is 17.7. The molecule has 0 aromatic rings. The van der Waals surface area contributed by atoms with Gasteiger partial charge in [0.25, 0.3) is 0 Å². The normalized spacial score (nSPS) is 18.7. The van der Waals surface area contributed by atoms with Gasteiger partial charge in [-0.3, -0.25) is 30.2 Å². The molecule has 15 heteroatoms. The summed E-state index contributed by atoms with van der Waals surface area (Å²) in [7, 11) is 3.99. The zero-order valence-corrected chi connectivity index (χ0v) is 17.9. The predicted octanol–water partition coefficient (Wildman–Crippen LogP) is 3.19. The lowest BCUT2D eigenvalue weighted by Gasteiger charge is -2.02. The van der Waals surface area contributed by atoms with E-state index in [1.165, 1.54) is 21.3 Å². The Morgan fingerprint density at radius 1 is 0.619 bits per heavy atom. The molecule has 9 nitrogen and oxygen atoms in total. The fourth-order valence-corrected chi connectivity index (χ4v) is 2.01. The van der Waals surface area contributed by atoms with Crippen LogP contribution in [-0.2, 0) is 27.3 Å². The van der Waals surface area contributed by atoms with Crippen LogP contribution in [0.1, 0.15) is 0 Å². The molecule has 0 saturated heterocycles. The summed E-state index contributed by atoms with van der Waals surface area (Å²) in [4.78, 5) is 0. The van der Waals surface area contributed by atoms with Crippen LogP contribution < -0.4 is 16.5 Å². The summed E-state index contributed by atoms with van der Waals surface area (Å²) in [6, 6.07) is 0. The maximum Gasteiger partial charge on any atom is 0.323 e. The summed E-state index contributed by atoms with van der Waals surface area (Å²) in [6.45, 7) is -8.21. The fraction of sp³-hybridized carbons (Fsp3) is 1.00. The van der Waals surface area contributed by atoms with Gasteiger partial charge in [0.2, 0.25) is 0 Å². The summed E-state index contributed by atoms with van der Waals surface area (Å²) in [6.07, 6.45) is 4.93. The van der Waals surface area contributed by atoms with Gasteiger partial charge in [-0.25, -0.2) is 0 Å². The van der Waals surface area contributed by atoms with Gasteiger partial charge in [-0.2, -0.15) is 0 Å². The second kappa shape index (κ2) is 13.9. The molecule has 0 fully saturated rings. The van der Waals surface area contributed by atoms with Gasteiger partial charge in [0.15, 0.2) is 0 Å². The minimum atomic E-state index is -2.74. The summed E-state index contributed by atoms with van der Waals surface area (Å²) in [5.41, 5.74) is 15.0. The molecule has 0 rings (SSSR count). The molecule has 6 N–H and O–H groups in total. The third-order valence-electron chi connectivity index (χ3n) is 1.53. The molecule has 3 atom stereocenters. The first-order valence-corrected chi connectivity index (χ1v) is 15.4. The van der Waals surface area contributed by atoms with Gasteiger partial charge in [-0.15, -0.1) is 0 Å². The molecule has 132 valence electrons. The Hall–Kier alpha value is 1.50. The molecule has 0 spiro atoms. The number of hydrogen-bond donors (Lipinski definition) is 3. The van der Waals surface area contributed by atoms with E-state index >= 15 is 0 Å². The summed E-state index contributed by atoms with van der Waals surface area (Å²) < 4.78 is 44.6. The van der Waals surface area contributed by atoms with Gasteiger partial charge in [0.05, 0.1) is 0 Å². The van der Waals surface area contributed by atoms with Crippen molar-refractivity contribution in [3.63, 3.8) is 0 Å². The lowest BCUT2D eigenvalue weighted by Crippen LogP contribution is -1.89. The smallest absolute Gasteiger partial charge is 0.313 e. The van der Waals surface area contributed by atoms with Crippen LogP contribution in [0.25, 0.3) is 0 Å². The van der Waals surface area contributed by atoms with Crippen LogP contribution in [0.4, 0.5) is 0 Å². The van der Waals surface area contributed by atoms with E-state index in [2.05, 4.69) is 13.6 Å². The van der Waals surface area contributed by atoms with Crippen LogP contribution >= 0.6 is 54.3 Å². The fourth-order valence-electron chi connectivity index (χ4n) is 0.224. The van der Waals surface area contributed by atoms with E-state index in [0.29, 0.717) is 0 Å². The van der Waals surface area contributed by atoms with Gasteiger partial charge in [-0.1, -0.05) is 34.1 Å². The van der Waals surface area contributed by atoms with E-state index in [1.54, 1.807) is 18.8 Å². The second-order valence-electron chi connectivity index (χ2n) is 2.71.